The van der Waals surface area contributed by atoms with E-state index in [0.717, 1.165) is 15.7 Å². The van der Waals surface area contributed by atoms with Gasteiger partial charge in [0, 0.05) is 48.2 Å². The highest BCUT2D eigenvalue weighted by atomic mass is 79.9. The Hall–Kier alpha value is -1.60. The normalized spacial score (nSPS) is 15.9. The van der Waals surface area contributed by atoms with Crippen molar-refractivity contribution < 1.29 is 14.3 Å². The average Bonchev–Trinajstić information content (AvgIpc) is 2.46. The number of carbonyl (C=O) groups is 2. The molecule has 0 bridgehead atoms. The van der Waals surface area contributed by atoms with E-state index in [9.17, 15) is 9.59 Å². The van der Waals surface area contributed by atoms with E-state index in [2.05, 4.69) is 33.5 Å². The minimum Gasteiger partial charge on any atom is -0.444 e. The summed E-state index contributed by atoms with van der Waals surface area (Å²) < 4.78 is 6.36. The first-order valence-corrected chi connectivity index (χ1v) is 10.1. The van der Waals surface area contributed by atoms with Gasteiger partial charge in [0.05, 0.1) is 0 Å². The van der Waals surface area contributed by atoms with Crippen molar-refractivity contribution >= 4 is 33.6 Å². The number of anilines is 1. The van der Waals surface area contributed by atoms with Gasteiger partial charge in [-0.2, -0.15) is 0 Å². The summed E-state index contributed by atoms with van der Waals surface area (Å²) in [6.07, 6.45) is 0.151. The van der Waals surface area contributed by atoms with E-state index in [1.807, 2.05) is 45.9 Å². The molecule has 0 aromatic heterocycles. The molecule has 1 heterocycles. The maximum Gasteiger partial charge on any atom is 0.410 e. The summed E-state index contributed by atoms with van der Waals surface area (Å²) in [4.78, 5) is 25.8. The second-order valence-corrected chi connectivity index (χ2v) is 9.06. The summed E-state index contributed by atoms with van der Waals surface area (Å²) in [5.74, 6) is 0.374. The summed E-state index contributed by atoms with van der Waals surface area (Å²) in [6.45, 7) is 11.6. The summed E-state index contributed by atoms with van der Waals surface area (Å²) >= 11 is 3.42. The lowest BCUT2D eigenvalue weighted by molar-refractivity contribution is -0.116. The van der Waals surface area contributed by atoms with Crippen LogP contribution < -0.4 is 10.6 Å². The lowest BCUT2D eigenvalue weighted by Crippen LogP contribution is -2.57. The van der Waals surface area contributed by atoms with Gasteiger partial charge in [0.15, 0.2) is 0 Å². The van der Waals surface area contributed by atoms with E-state index in [-0.39, 0.29) is 18.0 Å². The first-order valence-electron chi connectivity index (χ1n) is 9.32. The van der Waals surface area contributed by atoms with Gasteiger partial charge in [-0.25, -0.2) is 4.79 Å². The fourth-order valence-electron chi connectivity index (χ4n) is 2.86. The van der Waals surface area contributed by atoms with Gasteiger partial charge in [0.1, 0.15) is 5.60 Å². The van der Waals surface area contributed by atoms with Crippen molar-refractivity contribution in [1.82, 2.24) is 10.2 Å². The number of nitrogens with zero attached hydrogens (tertiary/aromatic N) is 1. The number of aryl methyl sites for hydroxylation is 1. The Kier molecular flexibility index (Phi) is 7.28. The molecule has 7 heteroatoms. The third kappa shape index (κ3) is 6.81. The molecule has 1 atom stereocenters. The summed E-state index contributed by atoms with van der Waals surface area (Å²) in [7, 11) is 0. The van der Waals surface area contributed by atoms with E-state index in [1.165, 1.54) is 0 Å². The smallest absolute Gasteiger partial charge is 0.410 e. The van der Waals surface area contributed by atoms with Gasteiger partial charge < -0.3 is 20.3 Å². The van der Waals surface area contributed by atoms with Crippen molar-refractivity contribution in [3.05, 3.63) is 28.2 Å². The second-order valence-electron chi connectivity index (χ2n) is 8.15. The minimum atomic E-state index is -0.466. The predicted octanol–water partition coefficient (Wildman–Crippen LogP) is 3.93. The SMILES string of the molecule is Cc1cc(Br)ccc1NC(=O)CCN[C@H](C)C1CN(C(=O)OC(C)(C)C)C1. The number of hydrogen-bond acceptors (Lipinski definition) is 4. The molecule has 0 aliphatic carbocycles. The van der Waals surface area contributed by atoms with E-state index < -0.39 is 5.60 Å². The van der Waals surface area contributed by atoms with Crippen molar-refractivity contribution in [3.8, 4) is 0 Å². The van der Waals surface area contributed by atoms with Gasteiger partial charge in [-0.3, -0.25) is 4.79 Å². The van der Waals surface area contributed by atoms with Crippen LogP contribution in [-0.2, 0) is 9.53 Å². The van der Waals surface area contributed by atoms with E-state index >= 15 is 0 Å². The number of carbonyl (C=O) groups excluding carboxylic acids is 2. The molecule has 6 nitrogen and oxygen atoms in total. The Bertz CT molecular complexity index is 682. The number of likely N-dealkylation sites (tertiary alicyclic amines) is 1. The highest BCUT2D eigenvalue weighted by Crippen LogP contribution is 2.22. The molecule has 2 N–H and O–H groups in total. The maximum absolute atomic E-state index is 12.1. The van der Waals surface area contributed by atoms with Crippen LogP contribution in [0.15, 0.2) is 22.7 Å². The zero-order valence-electron chi connectivity index (χ0n) is 16.8. The molecule has 1 aromatic carbocycles. The van der Waals surface area contributed by atoms with Gasteiger partial charge in [-0.1, -0.05) is 15.9 Å². The molecule has 2 amide bonds. The highest BCUT2D eigenvalue weighted by Gasteiger charge is 2.36. The van der Waals surface area contributed by atoms with Crippen LogP contribution in [0.25, 0.3) is 0 Å². The lowest BCUT2D eigenvalue weighted by atomic mass is 9.93. The van der Waals surface area contributed by atoms with Crippen molar-refractivity contribution in [3.63, 3.8) is 0 Å². The number of rotatable bonds is 6. The molecule has 2 rings (SSSR count). The second kappa shape index (κ2) is 9.06. The zero-order chi connectivity index (χ0) is 20.2. The van der Waals surface area contributed by atoms with Crippen LogP contribution in [0.5, 0.6) is 0 Å². The van der Waals surface area contributed by atoms with Crippen molar-refractivity contribution in [2.45, 2.75) is 52.7 Å². The number of nitrogens with one attached hydrogen (secondary N) is 2. The Morgan fingerprint density at radius 1 is 1.33 bits per heavy atom. The van der Waals surface area contributed by atoms with Crippen LogP contribution in [-0.4, -0.2) is 48.2 Å². The zero-order valence-corrected chi connectivity index (χ0v) is 18.4. The van der Waals surface area contributed by atoms with Crippen LogP contribution in [0.4, 0.5) is 10.5 Å². The van der Waals surface area contributed by atoms with Crippen molar-refractivity contribution in [2.75, 3.05) is 25.0 Å². The molecule has 150 valence electrons. The first-order chi connectivity index (χ1) is 12.5. The molecule has 0 unspecified atom stereocenters. The van der Waals surface area contributed by atoms with Gasteiger partial charge in [-0.15, -0.1) is 0 Å². The highest BCUT2D eigenvalue weighted by molar-refractivity contribution is 9.10. The fourth-order valence-corrected chi connectivity index (χ4v) is 3.34. The van der Waals surface area contributed by atoms with Gasteiger partial charge >= 0.3 is 6.09 Å². The van der Waals surface area contributed by atoms with Crippen LogP contribution in [0.2, 0.25) is 0 Å². The Labute approximate surface area is 170 Å². The molecule has 0 spiro atoms. The molecule has 0 radical (unpaired) electrons. The average molecular weight is 440 g/mol. The monoisotopic (exact) mass is 439 g/mol. The number of ether oxygens (including phenoxy) is 1. The number of hydrogen-bond donors (Lipinski definition) is 2. The van der Waals surface area contributed by atoms with Crippen molar-refractivity contribution in [1.29, 1.82) is 0 Å². The van der Waals surface area contributed by atoms with Crippen LogP contribution in [0.3, 0.4) is 0 Å². The molecule has 1 aliphatic heterocycles. The van der Waals surface area contributed by atoms with Gasteiger partial charge in [0.2, 0.25) is 5.91 Å². The van der Waals surface area contributed by atoms with Crippen molar-refractivity contribution in [2.24, 2.45) is 5.92 Å². The number of amides is 2. The molecular weight excluding hydrogens is 410 g/mol. The van der Waals surface area contributed by atoms with Crippen LogP contribution in [0.1, 0.15) is 39.7 Å². The largest absolute Gasteiger partial charge is 0.444 e. The predicted molar refractivity (Wildman–Crippen MR) is 111 cm³/mol. The number of benzene rings is 1. The molecule has 1 aromatic rings. The van der Waals surface area contributed by atoms with E-state index in [1.54, 1.807) is 4.90 Å². The molecular formula is C20H30BrN3O3. The lowest BCUT2D eigenvalue weighted by Gasteiger charge is -2.42. The molecule has 27 heavy (non-hydrogen) atoms. The van der Waals surface area contributed by atoms with Crippen LogP contribution in [0, 0.1) is 12.8 Å². The van der Waals surface area contributed by atoms with E-state index in [4.69, 9.17) is 4.74 Å². The molecule has 1 aliphatic rings. The fraction of sp³-hybridized carbons (Fsp3) is 0.600. The minimum absolute atomic E-state index is 0.0101. The first kappa shape index (κ1) is 21.7. The van der Waals surface area contributed by atoms with Crippen LogP contribution >= 0.6 is 15.9 Å². The Morgan fingerprint density at radius 3 is 2.59 bits per heavy atom. The van der Waals surface area contributed by atoms with E-state index in [0.29, 0.717) is 32.0 Å². The summed E-state index contributed by atoms with van der Waals surface area (Å²) in [5.41, 5.74) is 1.39. The topological polar surface area (TPSA) is 70.7 Å². The van der Waals surface area contributed by atoms with Gasteiger partial charge in [0.25, 0.3) is 0 Å². The Balaban J connectivity index is 1.66. The molecule has 1 saturated heterocycles. The summed E-state index contributed by atoms with van der Waals surface area (Å²) in [5, 5.41) is 6.33. The summed E-state index contributed by atoms with van der Waals surface area (Å²) in [6, 6.07) is 6.03. The number of halogens is 1. The third-order valence-corrected chi connectivity index (χ3v) is 5.04. The molecule has 0 saturated carbocycles. The molecule has 1 fully saturated rings. The standard InChI is InChI=1S/C20H30BrN3O3/c1-13-10-16(21)6-7-17(13)23-18(25)8-9-22-14(2)15-11-24(12-15)19(26)27-20(3,4)5/h6-7,10,14-15,22H,8-9,11-12H2,1-5H3,(H,23,25)/t14-/m1/s1. The quantitative estimate of drug-likeness (QED) is 0.703. The maximum atomic E-state index is 12.1. The third-order valence-electron chi connectivity index (χ3n) is 4.55. The Morgan fingerprint density at radius 2 is 2.00 bits per heavy atom. The van der Waals surface area contributed by atoms with Gasteiger partial charge in [-0.05, 0) is 58.4 Å².